The third-order valence-corrected chi connectivity index (χ3v) is 1.68. The van der Waals surface area contributed by atoms with Gasteiger partial charge in [-0.3, -0.25) is 0 Å². The zero-order valence-corrected chi connectivity index (χ0v) is 6.50. The van der Waals surface area contributed by atoms with Gasteiger partial charge >= 0.3 is 5.97 Å². The van der Waals surface area contributed by atoms with E-state index in [0.29, 0.717) is 13.2 Å². The van der Waals surface area contributed by atoms with E-state index in [1.807, 2.05) is 0 Å². The number of carboxylic acids is 1. The Morgan fingerprint density at radius 1 is 1.36 bits per heavy atom. The molecule has 4 nitrogen and oxygen atoms in total. The molecule has 1 N–H and O–H groups in total. The lowest BCUT2D eigenvalue weighted by Crippen LogP contribution is -2.40. The normalized spacial score (nSPS) is 24.1. The Kier molecular flexibility index (Phi) is 2.46. The molecule has 4 heteroatoms. The maximum Gasteiger partial charge on any atom is 0.364 e. The topological polar surface area (TPSA) is 55.8 Å². The molecule has 1 aliphatic rings. The van der Waals surface area contributed by atoms with Crippen molar-refractivity contribution < 1.29 is 19.4 Å². The minimum absolute atomic E-state index is 0.461. The van der Waals surface area contributed by atoms with E-state index in [-0.39, 0.29) is 0 Å². The van der Waals surface area contributed by atoms with Gasteiger partial charge in [0, 0.05) is 6.92 Å². The second-order valence-electron chi connectivity index (χ2n) is 2.65. The molecule has 0 amide bonds. The van der Waals surface area contributed by atoms with E-state index in [1.54, 1.807) is 0 Å². The predicted octanol–water partition coefficient (Wildman–Crippen LogP) is 0.614. The van der Waals surface area contributed by atoms with Crippen LogP contribution in [0.2, 0.25) is 0 Å². The lowest BCUT2D eigenvalue weighted by atomic mass is 10.3. The van der Waals surface area contributed by atoms with E-state index in [4.69, 9.17) is 14.6 Å². The molecule has 1 rings (SSSR count). The van der Waals surface area contributed by atoms with Gasteiger partial charge in [-0.15, -0.1) is 0 Å². The van der Waals surface area contributed by atoms with Crippen molar-refractivity contribution in [1.82, 2.24) is 0 Å². The third kappa shape index (κ3) is 1.91. The molecule has 1 aliphatic heterocycles. The minimum atomic E-state index is -1.42. The van der Waals surface area contributed by atoms with Crippen LogP contribution in [0.3, 0.4) is 0 Å². The van der Waals surface area contributed by atoms with Crippen molar-refractivity contribution in [2.75, 3.05) is 13.2 Å². The maximum atomic E-state index is 10.6. The first-order chi connectivity index (χ1) is 5.15. The Hall–Kier alpha value is -0.610. The molecule has 1 heterocycles. The summed E-state index contributed by atoms with van der Waals surface area (Å²) in [4.78, 5) is 10.6. The highest BCUT2D eigenvalue weighted by Gasteiger charge is 2.36. The highest BCUT2D eigenvalue weighted by molar-refractivity contribution is 5.75. The van der Waals surface area contributed by atoms with Gasteiger partial charge in [-0.1, -0.05) is 0 Å². The monoisotopic (exact) mass is 160 g/mol. The second kappa shape index (κ2) is 3.19. The average molecular weight is 160 g/mol. The second-order valence-corrected chi connectivity index (χ2v) is 2.65. The number of carboxylic acid groups (broad SMARTS) is 1. The zero-order valence-electron chi connectivity index (χ0n) is 6.50. The van der Waals surface area contributed by atoms with Gasteiger partial charge in [0.15, 0.2) is 0 Å². The molecule has 0 aromatic heterocycles. The number of carbonyl (C=O) groups is 1. The molecule has 0 aromatic rings. The average Bonchev–Trinajstić information content (AvgIpc) is 2.15. The van der Waals surface area contributed by atoms with Gasteiger partial charge in [-0.25, -0.2) is 4.79 Å². The van der Waals surface area contributed by atoms with Crippen LogP contribution in [0.4, 0.5) is 0 Å². The number of rotatable bonds is 1. The van der Waals surface area contributed by atoms with Crippen molar-refractivity contribution in [2.24, 2.45) is 0 Å². The summed E-state index contributed by atoms with van der Waals surface area (Å²) in [6.07, 6.45) is 1.73. The zero-order chi connectivity index (χ0) is 8.32. The van der Waals surface area contributed by atoms with Crippen LogP contribution in [0.1, 0.15) is 19.8 Å². The fraction of sp³-hybridized carbons (Fsp3) is 0.857. The summed E-state index contributed by atoms with van der Waals surface area (Å²) < 4.78 is 10.1. The van der Waals surface area contributed by atoms with Crippen LogP contribution in [0.5, 0.6) is 0 Å². The van der Waals surface area contributed by atoms with E-state index in [2.05, 4.69) is 0 Å². The Morgan fingerprint density at radius 2 is 1.82 bits per heavy atom. The summed E-state index contributed by atoms with van der Waals surface area (Å²) in [7, 11) is 0. The van der Waals surface area contributed by atoms with Gasteiger partial charge in [0.05, 0.1) is 13.2 Å². The van der Waals surface area contributed by atoms with Crippen molar-refractivity contribution >= 4 is 5.97 Å². The molecule has 0 aliphatic carbocycles. The molecule has 64 valence electrons. The summed E-state index contributed by atoms with van der Waals surface area (Å²) in [5, 5.41) is 8.67. The SMILES string of the molecule is CC1(C(=O)O)OCCCCO1. The van der Waals surface area contributed by atoms with Gasteiger partial charge in [0.2, 0.25) is 0 Å². The fourth-order valence-electron chi connectivity index (χ4n) is 0.903. The lowest BCUT2D eigenvalue weighted by molar-refractivity contribution is -0.228. The molecule has 1 fully saturated rings. The van der Waals surface area contributed by atoms with Crippen LogP contribution in [0.25, 0.3) is 0 Å². The van der Waals surface area contributed by atoms with Gasteiger partial charge in [0.1, 0.15) is 0 Å². The first-order valence-electron chi connectivity index (χ1n) is 3.66. The van der Waals surface area contributed by atoms with Crippen molar-refractivity contribution in [3.63, 3.8) is 0 Å². The number of hydrogen-bond donors (Lipinski definition) is 1. The van der Waals surface area contributed by atoms with Crippen molar-refractivity contribution in [3.05, 3.63) is 0 Å². The summed E-state index contributed by atoms with van der Waals surface area (Å²) in [5.74, 6) is -2.48. The molecule has 0 unspecified atom stereocenters. The molecule has 0 spiro atoms. The Bertz CT molecular complexity index is 147. The summed E-state index contributed by atoms with van der Waals surface area (Å²) >= 11 is 0. The van der Waals surface area contributed by atoms with E-state index in [0.717, 1.165) is 12.8 Å². The molecule has 0 atom stereocenters. The van der Waals surface area contributed by atoms with Crippen LogP contribution in [0, 0.1) is 0 Å². The molecule has 0 radical (unpaired) electrons. The Morgan fingerprint density at radius 3 is 2.18 bits per heavy atom. The molecule has 0 aromatic carbocycles. The smallest absolute Gasteiger partial charge is 0.364 e. The van der Waals surface area contributed by atoms with E-state index >= 15 is 0 Å². The van der Waals surface area contributed by atoms with Crippen LogP contribution < -0.4 is 0 Å². The molecule has 0 saturated carbocycles. The largest absolute Gasteiger partial charge is 0.477 e. The van der Waals surface area contributed by atoms with Crippen LogP contribution in [-0.4, -0.2) is 30.1 Å². The van der Waals surface area contributed by atoms with Crippen molar-refractivity contribution in [3.8, 4) is 0 Å². The minimum Gasteiger partial charge on any atom is -0.477 e. The summed E-state index contributed by atoms with van der Waals surface area (Å²) in [6, 6.07) is 0. The standard InChI is InChI=1S/C7H12O4/c1-7(6(8)9)10-4-2-3-5-11-7/h2-5H2,1H3,(H,8,9). The van der Waals surface area contributed by atoms with Crippen LogP contribution >= 0.6 is 0 Å². The van der Waals surface area contributed by atoms with E-state index in [1.165, 1.54) is 6.92 Å². The van der Waals surface area contributed by atoms with Gasteiger partial charge < -0.3 is 14.6 Å². The predicted molar refractivity (Wildman–Crippen MR) is 37.2 cm³/mol. The summed E-state index contributed by atoms with van der Waals surface area (Å²) in [6.45, 7) is 2.35. The lowest BCUT2D eigenvalue weighted by Gasteiger charge is -2.22. The first-order valence-corrected chi connectivity index (χ1v) is 3.66. The molecule has 11 heavy (non-hydrogen) atoms. The molecular weight excluding hydrogens is 148 g/mol. The number of aliphatic carboxylic acids is 1. The maximum absolute atomic E-state index is 10.6. The third-order valence-electron chi connectivity index (χ3n) is 1.68. The molecule has 0 bridgehead atoms. The van der Waals surface area contributed by atoms with Crippen molar-refractivity contribution in [2.45, 2.75) is 25.6 Å². The van der Waals surface area contributed by atoms with E-state index in [9.17, 15) is 4.79 Å². The van der Waals surface area contributed by atoms with Gasteiger partial charge in [0.25, 0.3) is 5.79 Å². The molecular formula is C7H12O4. The summed E-state index contributed by atoms with van der Waals surface area (Å²) in [5.41, 5.74) is 0. The Balaban J connectivity index is 2.59. The number of hydrogen-bond acceptors (Lipinski definition) is 3. The van der Waals surface area contributed by atoms with Gasteiger partial charge in [-0.2, -0.15) is 0 Å². The first kappa shape index (κ1) is 8.49. The van der Waals surface area contributed by atoms with Gasteiger partial charge in [-0.05, 0) is 12.8 Å². The fourth-order valence-corrected chi connectivity index (χ4v) is 0.903. The van der Waals surface area contributed by atoms with Crippen molar-refractivity contribution in [1.29, 1.82) is 0 Å². The molecule has 1 saturated heterocycles. The Labute approximate surface area is 65.1 Å². The van der Waals surface area contributed by atoms with Crippen LogP contribution in [0.15, 0.2) is 0 Å². The highest BCUT2D eigenvalue weighted by Crippen LogP contribution is 2.17. The van der Waals surface area contributed by atoms with E-state index < -0.39 is 11.8 Å². The number of ether oxygens (including phenoxy) is 2. The quantitative estimate of drug-likeness (QED) is 0.610. The van der Waals surface area contributed by atoms with Crippen LogP contribution in [-0.2, 0) is 14.3 Å². The highest BCUT2D eigenvalue weighted by atomic mass is 16.7.